The Kier molecular flexibility index (Phi) is 9.31. The minimum atomic E-state index is -0.442. The van der Waals surface area contributed by atoms with Crippen LogP contribution in [0.15, 0.2) is 59.5 Å². The maximum atomic E-state index is 13.1. The summed E-state index contributed by atoms with van der Waals surface area (Å²) in [5, 5.41) is 1.91. The predicted octanol–water partition coefficient (Wildman–Crippen LogP) is 6.86. The Hall–Kier alpha value is -3.05. The second-order valence-corrected chi connectivity index (χ2v) is 12.0. The third-order valence-corrected chi connectivity index (χ3v) is 8.66. The lowest BCUT2D eigenvalue weighted by Crippen LogP contribution is -2.42. The first-order valence-corrected chi connectivity index (χ1v) is 15.4. The molecule has 0 aliphatic carbocycles. The molecule has 3 aromatic rings. The van der Waals surface area contributed by atoms with E-state index in [1.54, 1.807) is 11.0 Å². The quantitative estimate of drug-likeness (QED) is 0.193. The first-order valence-electron chi connectivity index (χ1n) is 13.5. The number of ether oxygens (including phenoxy) is 2. The number of likely N-dealkylation sites (tertiary alicyclic amines) is 1. The van der Waals surface area contributed by atoms with Gasteiger partial charge in [0.15, 0.2) is 11.5 Å². The summed E-state index contributed by atoms with van der Waals surface area (Å²) in [6, 6.07) is 18.2. The number of nitrogens with zero attached hydrogens (tertiary/aromatic N) is 2. The van der Waals surface area contributed by atoms with Gasteiger partial charge in [-0.2, -0.15) is 0 Å². The number of amides is 3. The lowest BCUT2D eigenvalue weighted by Gasteiger charge is -2.22. The maximum absolute atomic E-state index is 13.1. The molecule has 0 radical (unpaired) electrons. The van der Waals surface area contributed by atoms with Crippen molar-refractivity contribution in [1.82, 2.24) is 9.80 Å². The number of hydrogen-bond donors (Lipinski definition) is 0. The van der Waals surface area contributed by atoms with E-state index in [-0.39, 0.29) is 17.4 Å². The van der Waals surface area contributed by atoms with Crippen LogP contribution in [0.4, 0.5) is 4.79 Å². The number of fused-ring (bicyclic) bond motifs is 1. The summed E-state index contributed by atoms with van der Waals surface area (Å²) < 4.78 is 12.9. The molecule has 0 saturated carbocycles. The van der Waals surface area contributed by atoms with Gasteiger partial charge in [0.1, 0.15) is 13.2 Å². The average molecular weight is 671 g/mol. The molecule has 3 amide bonds. The highest BCUT2D eigenvalue weighted by molar-refractivity contribution is 14.1. The number of carbonyl (C=O) groups excluding carboxylic acids is 3. The van der Waals surface area contributed by atoms with Crippen LogP contribution in [0.5, 0.6) is 11.5 Å². The Morgan fingerprint density at radius 3 is 2.48 bits per heavy atom. The molecule has 2 aliphatic rings. The third kappa shape index (κ3) is 6.63. The van der Waals surface area contributed by atoms with E-state index in [1.807, 2.05) is 31.2 Å². The molecule has 0 spiro atoms. The summed E-state index contributed by atoms with van der Waals surface area (Å²) in [5.74, 6) is 0.579. The highest BCUT2D eigenvalue weighted by Gasteiger charge is 2.37. The van der Waals surface area contributed by atoms with Gasteiger partial charge in [-0.05, 0) is 100 Å². The second kappa shape index (κ2) is 13.1. The monoisotopic (exact) mass is 670 g/mol. The van der Waals surface area contributed by atoms with Gasteiger partial charge in [-0.1, -0.05) is 49.2 Å². The van der Waals surface area contributed by atoms with Crippen LogP contribution in [0.2, 0.25) is 0 Å². The Labute approximate surface area is 252 Å². The zero-order chi connectivity index (χ0) is 28.1. The fraction of sp³-hybridized carbons (Fsp3) is 0.323. The van der Waals surface area contributed by atoms with Crippen molar-refractivity contribution in [2.45, 2.75) is 39.2 Å². The highest BCUT2D eigenvalue weighted by atomic mass is 127. The molecule has 0 unspecified atom stereocenters. The summed E-state index contributed by atoms with van der Waals surface area (Å²) in [6.07, 6.45) is 5.79. The van der Waals surface area contributed by atoms with Crippen molar-refractivity contribution in [2.75, 3.05) is 26.2 Å². The zero-order valence-electron chi connectivity index (χ0n) is 22.4. The summed E-state index contributed by atoms with van der Waals surface area (Å²) in [5.41, 5.74) is 1.76. The van der Waals surface area contributed by atoms with E-state index in [0.717, 1.165) is 62.4 Å². The Balaban J connectivity index is 1.31. The minimum Gasteiger partial charge on any atom is -0.490 e. The molecule has 2 fully saturated rings. The topological polar surface area (TPSA) is 76.2 Å². The molecular formula is C31H31IN2O5S. The van der Waals surface area contributed by atoms with Crippen LogP contribution >= 0.6 is 34.4 Å². The average Bonchev–Trinajstić information content (AvgIpc) is 3.12. The van der Waals surface area contributed by atoms with Crippen LogP contribution in [0, 0.1) is 3.57 Å². The van der Waals surface area contributed by atoms with Gasteiger partial charge in [-0.25, -0.2) is 0 Å². The molecule has 0 bridgehead atoms. The van der Waals surface area contributed by atoms with E-state index in [2.05, 4.69) is 52.9 Å². The van der Waals surface area contributed by atoms with E-state index in [1.165, 1.54) is 5.39 Å². The standard InChI is InChI=1S/C31H31IN2O5S/c1-2-38-26-17-22(16-25(32)29(26)39-20-21-11-12-23-9-5-6-10-24(23)15-21)18-27-30(36)34(31(37)40-27)19-28(35)33-13-7-3-4-8-14-33/h5-6,9-12,15-18H,2-4,7-8,13-14,19-20H2,1H3. The SMILES string of the molecule is CCOc1cc(C=C2SC(=O)N(CC(=O)N3CCCCCC3)C2=O)cc(I)c1OCc1ccc2ccccc2c1. The van der Waals surface area contributed by atoms with E-state index >= 15 is 0 Å². The molecule has 40 heavy (non-hydrogen) atoms. The van der Waals surface area contributed by atoms with Gasteiger partial charge in [-0.15, -0.1) is 0 Å². The second-order valence-electron chi connectivity index (χ2n) is 9.80. The molecule has 5 rings (SSSR count). The fourth-order valence-corrected chi connectivity index (χ4v) is 6.52. The van der Waals surface area contributed by atoms with Crippen molar-refractivity contribution in [3.8, 4) is 11.5 Å². The molecule has 3 aromatic carbocycles. The van der Waals surface area contributed by atoms with Gasteiger partial charge >= 0.3 is 0 Å². The lowest BCUT2D eigenvalue weighted by atomic mass is 10.1. The van der Waals surface area contributed by atoms with Crippen molar-refractivity contribution >= 4 is 68.3 Å². The summed E-state index contributed by atoms with van der Waals surface area (Å²) in [4.78, 5) is 41.7. The minimum absolute atomic E-state index is 0.174. The Morgan fingerprint density at radius 2 is 1.73 bits per heavy atom. The summed E-state index contributed by atoms with van der Waals surface area (Å²) >= 11 is 3.06. The zero-order valence-corrected chi connectivity index (χ0v) is 25.3. The first-order chi connectivity index (χ1) is 19.4. The van der Waals surface area contributed by atoms with Crippen LogP contribution in [-0.2, 0) is 16.2 Å². The van der Waals surface area contributed by atoms with Crippen molar-refractivity contribution < 1.29 is 23.9 Å². The number of benzene rings is 3. The Bertz CT molecular complexity index is 1470. The molecular weight excluding hydrogens is 639 g/mol. The van der Waals surface area contributed by atoms with Gasteiger partial charge in [0, 0.05) is 13.1 Å². The lowest BCUT2D eigenvalue weighted by molar-refractivity contribution is -0.135. The van der Waals surface area contributed by atoms with Gasteiger partial charge < -0.3 is 14.4 Å². The predicted molar refractivity (Wildman–Crippen MR) is 166 cm³/mol. The number of carbonyl (C=O) groups is 3. The number of halogens is 1. The highest BCUT2D eigenvalue weighted by Crippen LogP contribution is 2.38. The normalized spacial score (nSPS) is 17.0. The van der Waals surface area contributed by atoms with Gasteiger partial charge in [0.25, 0.3) is 11.1 Å². The van der Waals surface area contributed by atoms with Crippen LogP contribution in [0.25, 0.3) is 16.8 Å². The molecule has 7 nitrogen and oxygen atoms in total. The molecule has 9 heteroatoms. The molecule has 0 N–H and O–H groups in total. The van der Waals surface area contributed by atoms with Gasteiger partial charge in [0.2, 0.25) is 5.91 Å². The molecule has 2 aliphatic heterocycles. The van der Waals surface area contributed by atoms with Crippen molar-refractivity contribution in [3.05, 3.63) is 74.2 Å². The van der Waals surface area contributed by atoms with Crippen LogP contribution in [-0.4, -0.2) is 53.1 Å². The third-order valence-electron chi connectivity index (χ3n) is 6.95. The van der Waals surface area contributed by atoms with Crippen LogP contribution in [0.1, 0.15) is 43.7 Å². The largest absolute Gasteiger partial charge is 0.490 e. The summed E-state index contributed by atoms with van der Waals surface area (Å²) in [6.45, 7) is 3.87. The maximum Gasteiger partial charge on any atom is 0.294 e. The van der Waals surface area contributed by atoms with E-state index in [4.69, 9.17) is 9.47 Å². The van der Waals surface area contributed by atoms with Crippen LogP contribution < -0.4 is 9.47 Å². The van der Waals surface area contributed by atoms with Crippen LogP contribution in [0.3, 0.4) is 0 Å². The Morgan fingerprint density at radius 1 is 0.975 bits per heavy atom. The molecule has 208 valence electrons. The smallest absolute Gasteiger partial charge is 0.294 e. The van der Waals surface area contributed by atoms with Gasteiger partial charge in [-0.3, -0.25) is 19.3 Å². The van der Waals surface area contributed by atoms with Crippen molar-refractivity contribution in [3.63, 3.8) is 0 Å². The van der Waals surface area contributed by atoms with Gasteiger partial charge in [0.05, 0.1) is 15.1 Å². The number of imide groups is 1. The number of rotatable bonds is 8. The van der Waals surface area contributed by atoms with E-state index < -0.39 is 11.1 Å². The fourth-order valence-electron chi connectivity index (χ4n) is 4.90. The summed E-state index contributed by atoms with van der Waals surface area (Å²) in [7, 11) is 0. The molecule has 2 heterocycles. The molecule has 0 aromatic heterocycles. The number of hydrogen-bond acceptors (Lipinski definition) is 6. The van der Waals surface area contributed by atoms with Crippen molar-refractivity contribution in [2.24, 2.45) is 0 Å². The first kappa shape index (κ1) is 28.5. The molecule has 0 atom stereocenters. The number of thioether (sulfide) groups is 1. The van der Waals surface area contributed by atoms with Crippen molar-refractivity contribution in [1.29, 1.82) is 0 Å². The van der Waals surface area contributed by atoms with E-state index in [9.17, 15) is 14.4 Å². The molecule has 2 saturated heterocycles. The van der Waals surface area contributed by atoms with E-state index in [0.29, 0.717) is 37.8 Å².